The fourth-order valence-corrected chi connectivity index (χ4v) is 2.88. The van der Waals surface area contributed by atoms with E-state index in [-0.39, 0.29) is 5.78 Å². The third-order valence-corrected chi connectivity index (χ3v) is 4.16. The Morgan fingerprint density at radius 3 is 2.75 bits per heavy atom. The summed E-state index contributed by atoms with van der Waals surface area (Å²) in [4.78, 5) is 12.4. The van der Waals surface area contributed by atoms with Crippen LogP contribution >= 0.6 is 0 Å². The monoisotopic (exact) mass is 324 g/mol. The van der Waals surface area contributed by atoms with Gasteiger partial charge in [-0.3, -0.25) is 4.79 Å². The molecule has 2 aromatic heterocycles. The highest BCUT2D eigenvalue weighted by atomic mass is 16.4. The minimum absolute atomic E-state index is 0.00849. The number of carbonyl (C=O) groups excluding carboxylic acids is 1. The summed E-state index contributed by atoms with van der Waals surface area (Å²) in [6.45, 7) is 1.81. The summed E-state index contributed by atoms with van der Waals surface area (Å²) >= 11 is 0. The smallest absolute Gasteiger partial charge is 0.139 e. The number of benzene rings is 1. The lowest BCUT2D eigenvalue weighted by Crippen LogP contribution is -2.24. The maximum atomic E-state index is 12.4. The van der Waals surface area contributed by atoms with Gasteiger partial charge in [-0.05, 0) is 36.2 Å². The number of para-hydroxylation sites is 1. The molecule has 0 saturated carbocycles. The van der Waals surface area contributed by atoms with Crippen molar-refractivity contribution < 1.29 is 14.3 Å². The van der Waals surface area contributed by atoms with Crippen LogP contribution in [0.2, 0.25) is 0 Å². The van der Waals surface area contributed by atoms with E-state index in [1.54, 1.807) is 23.0 Å². The molecule has 124 valence electrons. The average molecular weight is 324 g/mol. The minimum Gasteiger partial charge on any atom is -0.467 e. The predicted octanol–water partition coefficient (Wildman–Crippen LogP) is 3.34. The lowest BCUT2D eigenvalue weighted by molar-refractivity contribution is -0.126. The van der Waals surface area contributed by atoms with Gasteiger partial charge in [0.05, 0.1) is 17.9 Å². The second kappa shape index (κ2) is 7.27. The van der Waals surface area contributed by atoms with Gasteiger partial charge in [0.25, 0.3) is 0 Å². The lowest BCUT2D eigenvalue weighted by Gasteiger charge is -2.21. The van der Waals surface area contributed by atoms with Crippen molar-refractivity contribution in [2.75, 3.05) is 0 Å². The number of Topliss-reactive ketones (excluding diaryl/α,β-unsaturated/α-hetero) is 1. The van der Waals surface area contributed by atoms with Crippen molar-refractivity contribution in [3.8, 4) is 5.69 Å². The Morgan fingerprint density at radius 1 is 1.25 bits per heavy atom. The summed E-state index contributed by atoms with van der Waals surface area (Å²) in [5.74, 6) is -0.134. The molecule has 0 fully saturated rings. The quantitative estimate of drug-likeness (QED) is 0.724. The Morgan fingerprint density at radius 2 is 2.08 bits per heavy atom. The molecule has 0 saturated heterocycles. The van der Waals surface area contributed by atoms with Crippen LogP contribution in [-0.4, -0.2) is 20.7 Å². The van der Waals surface area contributed by atoms with Gasteiger partial charge in [0.15, 0.2) is 0 Å². The van der Waals surface area contributed by atoms with Crippen LogP contribution in [0.1, 0.15) is 30.8 Å². The fraction of sp³-hybridized carbons (Fsp3) is 0.263. The number of furan rings is 1. The SMILES string of the molecule is CCC(=O)[C@H](Cc1ccccc1-n1cccn1)[C@H](O)c1ccco1. The minimum atomic E-state index is -0.960. The number of aliphatic hydroxyl groups is 1. The summed E-state index contributed by atoms with van der Waals surface area (Å²) in [5, 5.41) is 14.9. The molecule has 0 radical (unpaired) electrons. The highest BCUT2D eigenvalue weighted by Crippen LogP contribution is 2.29. The van der Waals surface area contributed by atoms with E-state index in [1.807, 2.05) is 43.5 Å². The zero-order valence-corrected chi connectivity index (χ0v) is 13.5. The van der Waals surface area contributed by atoms with E-state index in [2.05, 4.69) is 5.10 Å². The molecule has 0 amide bonds. The first kappa shape index (κ1) is 16.2. The largest absolute Gasteiger partial charge is 0.467 e. The number of aliphatic hydroxyl groups excluding tert-OH is 1. The van der Waals surface area contributed by atoms with Crippen LogP contribution in [0.3, 0.4) is 0 Å². The van der Waals surface area contributed by atoms with Crippen LogP contribution in [0.4, 0.5) is 0 Å². The van der Waals surface area contributed by atoms with Gasteiger partial charge in [-0.15, -0.1) is 0 Å². The van der Waals surface area contributed by atoms with E-state index < -0.39 is 12.0 Å². The standard InChI is InChI=1S/C19H20N2O3/c1-2-17(22)15(19(23)18-9-5-12-24-18)13-14-7-3-4-8-16(14)21-11-6-10-20-21/h3-12,15,19,23H,2,13H2,1H3/t15-,19-/m0/s1. The van der Waals surface area contributed by atoms with E-state index >= 15 is 0 Å². The molecule has 0 unspecified atom stereocenters. The molecular formula is C19H20N2O3. The molecule has 5 nitrogen and oxygen atoms in total. The Bertz CT molecular complexity index is 779. The van der Waals surface area contributed by atoms with Gasteiger partial charge in [0, 0.05) is 18.8 Å². The summed E-state index contributed by atoms with van der Waals surface area (Å²) in [5.41, 5.74) is 1.86. The number of hydrogen-bond acceptors (Lipinski definition) is 4. The number of nitrogens with zero attached hydrogens (tertiary/aromatic N) is 2. The lowest BCUT2D eigenvalue weighted by atomic mass is 9.87. The molecule has 24 heavy (non-hydrogen) atoms. The first-order valence-corrected chi connectivity index (χ1v) is 8.02. The maximum absolute atomic E-state index is 12.4. The molecule has 5 heteroatoms. The van der Waals surface area contributed by atoms with Crippen molar-refractivity contribution in [3.05, 3.63) is 72.4 Å². The molecule has 3 rings (SSSR count). The third kappa shape index (κ3) is 3.31. The van der Waals surface area contributed by atoms with Crippen molar-refractivity contribution >= 4 is 5.78 Å². The molecule has 3 aromatic rings. The second-order valence-electron chi connectivity index (χ2n) is 5.67. The molecule has 0 aliphatic carbocycles. The molecule has 2 atom stereocenters. The van der Waals surface area contributed by atoms with Crippen LogP contribution in [0, 0.1) is 5.92 Å². The number of aromatic nitrogens is 2. The first-order valence-electron chi connectivity index (χ1n) is 8.02. The van der Waals surface area contributed by atoms with Gasteiger partial charge in [-0.2, -0.15) is 5.10 Å². The van der Waals surface area contributed by atoms with Crippen LogP contribution in [0.15, 0.2) is 65.5 Å². The fourth-order valence-electron chi connectivity index (χ4n) is 2.88. The molecule has 1 N–H and O–H groups in total. The summed E-state index contributed by atoms with van der Waals surface area (Å²) < 4.78 is 7.06. The van der Waals surface area contributed by atoms with E-state index in [4.69, 9.17) is 4.42 Å². The summed E-state index contributed by atoms with van der Waals surface area (Å²) in [7, 11) is 0. The van der Waals surface area contributed by atoms with Crippen LogP contribution in [0.25, 0.3) is 5.69 Å². The Kier molecular flexibility index (Phi) is 4.91. The van der Waals surface area contributed by atoms with Gasteiger partial charge in [0.2, 0.25) is 0 Å². The van der Waals surface area contributed by atoms with E-state index in [0.717, 1.165) is 11.3 Å². The van der Waals surface area contributed by atoms with Gasteiger partial charge < -0.3 is 9.52 Å². The van der Waals surface area contributed by atoms with Crippen molar-refractivity contribution in [1.29, 1.82) is 0 Å². The van der Waals surface area contributed by atoms with Crippen molar-refractivity contribution in [2.24, 2.45) is 5.92 Å². The third-order valence-electron chi connectivity index (χ3n) is 4.16. The molecule has 1 aromatic carbocycles. The van der Waals surface area contributed by atoms with E-state index in [0.29, 0.717) is 18.6 Å². The average Bonchev–Trinajstić information content (AvgIpc) is 3.32. The van der Waals surface area contributed by atoms with Crippen LogP contribution < -0.4 is 0 Å². The molecule has 0 aliphatic rings. The Balaban J connectivity index is 1.93. The van der Waals surface area contributed by atoms with Crippen LogP contribution in [-0.2, 0) is 11.2 Å². The zero-order valence-electron chi connectivity index (χ0n) is 13.5. The van der Waals surface area contributed by atoms with Crippen molar-refractivity contribution in [1.82, 2.24) is 9.78 Å². The van der Waals surface area contributed by atoms with Crippen molar-refractivity contribution in [3.63, 3.8) is 0 Å². The van der Waals surface area contributed by atoms with E-state index in [1.165, 1.54) is 6.26 Å². The van der Waals surface area contributed by atoms with Crippen LogP contribution in [0.5, 0.6) is 0 Å². The van der Waals surface area contributed by atoms with Crippen molar-refractivity contribution in [2.45, 2.75) is 25.9 Å². The highest BCUT2D eigenvalue weighted by molar-refractivity contribution is 5.81. The highest BCUT2D eigenvalue weighted by Gasteiger charge is 2.29. The Labute approximate surface area is 140 Å². The molecular weight excluding hydrogens is 304 g/mol. The number of ketones is 1. The first-order chi connectivity index (χ1) is 11.7. The molecule has 2 heterocycles. The zero-order chi connectivity index (χ0) is 16.9. The topological polar surface area (TPSA) is 68.3 Å². The summed E-state index contributed by atoms with van der Waals surface area (Å²) in [6, 6.07) is 13.0. The summed E-state index contributed by atoms with van der Waals surface area (Å²) in [6.07, 6.45) is 4.90. The van der Waals surface area contributed by atoms with E-state index in [9.17, 15) is 9.90 Å². The maximum Gasteiger partial charge on any atom is 0.139 e. The molecule has 0 spiro atoms. The number of rotatable bonds is 7. The Hall–Kier alpha value is -2.66. The van der Waals surface area contributed by atoms with Gasteiger partial charge in [-0.25, -0.2) is 4.68 Å². The van der Waals surface area contributed by atoms with Gasteiger partial charge in [-0.1, -0.05) is 25.1 Å². The molecule has 0 aliphatic heterocycles. The number of hydrogen-bond donors (Lipinski definition) is 1. The van der Waals surface area contributed by atoms with Gasteiger partial charge in [0.1, 0.15) is 17.6 Å². The predicted molar refractivity (Wildman–Crippen MR) is 89.7 cm³/mol. The normalized spacial score (nSPS) is 13.6. The number of carbonyl (C=O) groups is 1. The van der Waals surface area contributed by atoms with Gasteiger partial charge >= 0.3 is 0 Å². The molecule has 0 bridgehead atoms. The second-order valence-corrected chi connectivity index (χ2v) is 5.67.